The highest BCUT2D eigenvalue weighted by Crippen LogP contribution is 2.24. The fourth-order valence-electron chi connectivity index (χ4n) is 2.39. The van der Waals surface area contributed by atoms with Crippen LogP contribution in [0.2, 0.25) is 0 Å². The van der Waals surface area contributed by atoms with Gasteiger partial charge in [-0.2, -0.15) is 11.3 Å². The Hall–Kier alpha value is -3.00. The SMILES string of the molecule is CC(=O)Nc1cccc(NC(=O)CCc2nnc(-c3ccsc3)o2)c1C. The molecule has 2 amide bonds. The molecule has 3 rings (SSSR count). The molecule has 0 saturated heterocycles. The standard InChI is InChI=1S/C18H18N4O3S/c1-11-14(19-12(2)23)4-3-5-15(11)20-16(24)6-7-17-21-22-18(25-17)13-8-9-26-10-13/h3-5,8-10H,6-7H2,1-2H3,(H,19,23)(H,20,24). The predicted octanol–water partition coefficient (Wildman–Crippen LogP) is 3.64. The maximum atomic E-state index is 12.2. The molecule has 2 N–H and O–H groups in total. The molecule has 2 heterocycles. The van der Waals surface area contributed by atoms with Crippen LogP contribution in [-0.4, -0.2) is 22.0 Å². The van der Waals surface area contributed by atoms with Crippen molar-refractivity contribution in [2.45, 2.75) is 26.7 Å². The number of aryl methyl sites for hydroxylation is 1. The van der Waals surface area contributed by atoms with Crippen LogP contribution >= 0.6 is 11.3 Å². The third-order valence-electron chi connectivity index (χ3n) is 3.72. The van der Waals surface area contributed by atoms with Gasteiger partial charge in [0.05, 0.1) is 0 Å². The zero-order chi connectivity index (χ0) is 18.5. The minimum atomic E-state index is -0.164. The molecule has 1 aromatic carbocycles. The van der Waals surface area contributed by atoms with E-state index in [0.29, 0.717) is 29.6 Å². The molecule has 0 aliphatic carbocycles. The first-order valence-corrected chi connectivity index (χ1v) is 8.99. The van der Waals surface area contributed by atoms with Crippen LogP contribution in [0.4, 0.5) is 11.4 Å². The van der Waals surface area contributed by atoms with Crippen LogP contribution in [0, 0.1) is 6.92 Å². The Morgan fingerprint density at radius 1 is 1.15 bits per heavy atom. The number of rotatable bonds is 6. The molecule has 0 radical (unpaired) electrons. The lowest BCUT2D eigenvalue weighted by molar-refractivity contribution is -0.116. The first kappa shape index (κ1) is 17.8. The van der Waals surface area contributed by atoms with E-state index >= 15 is 0 Å². The van der Waals surface area contributed by atoms with Crippen molar-refractivity contribution in [3.63, 3.8) is 0 Å². The van der Waals surface area contributed by atoms with Crippen LogP contribution in [0.5, 0.6) is 0 Å². The smallest absolute Gasteiger partial charge is 0.248 e. The molecule has 0 atom stereocenters. The monoisotopic (exact) mass is 370 g/mol. The lowest BCUT2D eigenvalue weighted by atomic mass is 10.1. The minimum absolute atomic E-state index is 0.158. The van der Waals surface area contributed by atoms with Gasteiger partial charge in [-0.3, -0.25) is 9.59 Å². The summed E-state index contributed by atoms with van der Waals surface area (Å²) in [5.74, 6) is 0.559. The van der Waals surface area contributed by atoms with Gasteiger partial charge in [-0.15, -0.1) is 10.2 Å². The summed E-state index contributed by atoms with van der Waals surface area (Å²) in [6.45, 7) is 3.28. The number of amides is 2. The summed E-state index contributed by atoms with van der Waals surface area (Å²) in [7, 11) is 0. The third-order valence-corrected chi connectivity index (χ3v) is 4.40. The third kappa shape index (κ3) is 4.34. The number of benzene rings is 1. The molecular weight excluding hydrogens is 352 g/mol. The molecule has 0 aliphatic rings. The normalized spacial score (nSPS) is 10.5. The van der Waals surface area contributed by atoms with Crippen LogP contribution in [-0.2, 0) is 16.0 Å². The summed E-state index contributed by atoms with van der Waals surface area (Å²) in [5, 5.41) is 17.4. The Bertz CT molecular complexity index is 918. The van der Waals surface area contributed by atoms with E-state index in [1.165, 1.54) is 6.92 Å². The number of carbonyl (C=O) groups excluding carboxylic acids is 2. The van der Waals surface area contributed by atoms with E-state index < -0.39 is 0 Å². The van der Waals surface area contributed by atoms with Crippen molar-refractivity contribution >= 4 is 34.5 Å². The molecule has 0 bridgehead atoms. The fraction of sp³-hybridized carbons (Fsp3) is 0.222. The van der Waals surface area contributed by atoms with Gasteiger partial charge in [0.15, 0.2) is 0 Å². The number of thiophene rings is 1. The van der Waals surface area contributed by atoms with E-state index in [1.54, 1.807) is 29.5 Å². The summed E-state index contributed by atoms with van der Waals surface area (Å²) in [4.78, 5) is 23.4. The van der Waals surface area contributed by atoms with E-state index in [4.69, 9.17) is 4.42 Å². The van der Waals surface area contributed by atoms with Gasteiger partial charge in [0, 0.05) is 42.1 Å². The molecule has 2 aromatic heterocycles. The Morgan fingerprint density at radius 3 is 2.62 bits per heavy atom. The first-order valence-electron chi connectivity index (χ1n) is 8.05. The van der Waals surface area contributed by atoms with Crippen LogP contribution in [0.25, 0.3) is 11.5 Å². The molecular formula is C18H18N4O3S. The average molecular weight is 370 g/mol. The first-order chi connectivity index (χ1) is 12.5. The number of nitrogens with one attached hydrogen (secondary N) is 2. The average Bonchev–Trinajstić information content (AvgIpc) is 3.27. The van der Waals surface area contributed by atoms with Gasteiger partial charge in [-0.1, -0.05) is 6.07 Å². The van der Waals surface area contributed by atoms with Gasteiger partial charge in [-0.25, -0.2) is 0 Å². The van der Waals surface area contributed by atoms with E-state index in [9.17, 15) is 9.59 Å². The summed E-state index contributed by atoms with van der Waals surface area (Å²) in [5.41, 5.74) is 3.01. The number of anilines is 2. The van der Waals surface area contributed by atoms with Crippen LogP contribution in [0.3, 0.4) is 0 Å². The van der Waals surface area contributed by atoms with E-state index in [2.05, 4.69) is 20.8 Å². The number of nitrogens with zero attached hydrogens (tertiary/aromatic N) is 2. The van der Waals surface area contributed by atoms with Crippen LogP contribution in [0.15, 0.2) is 39.4 Å². The topological polar surface area (TPSA) is 97.1 Å². The van der Waals surface area contributed by atoms with Crippen molar-refractivity contribution in [3.05, 3.63) is 46.5 Å². The molecule has 7 nitrogen and oxygen atoms in total. The number of carbonyl (C=O) groups is 2. The zero-order valence-electron chi connectivity index (χ0n) is 14.4. The summed E-state index contributed by atoms with van der Waals surface area (Å²) < 4.78 is 5.57. The van der Waals surface area contributed by atoms with Crippen molar-refractivity contribution in [2.24, 2.45) is 0 Å². The molecule has 8 heteroatoms. The van der Waals surface area contributed by atoms with Crippen molar-refractivity contribution in [1.29, 1.82) is 0 Å². The van der Waals surface area contributed by atoms with Gasteiger partial charge in [0.2, 0.25) is 23.6 Å². The molecule has 0 fully saturated rings. The maximum absolute atomic E-state index is 12.2. The molecule has 0 saturated carbocycles. The van der Waals surface area contributed by atoms with Crippen LogP contribution < -0.4 is 10.6 Å². The van der Waals surface area contributed by atoms with Gasteiger partial charge in [0.1, 0.15) is 0 Å². The second-order valence-electron chi connectivity index (χ2n) is 5.72. The highest BCUT2D eigenvalue weighted by molar-refractivity contribution is 7.08. The van der Waals surface area contributed by atoms with Crippen molar-refractivity contribution in [3.8, 4) is 11.5 Å². The lowest BCUT2D eigenvalue weighted by Crippen LogP contribution is -2.14. The number of hydrogen-bond donors (Lipinski definition) is 2. The van der Waals surface area contributed by atoms with Gasteiger partial charge >= 0.3 is 0 Å². The Kier molecular flexibility index (Phi) is 5.43. The molecule has 0 spiro atoms. The second kappa shape index (κ2) is 7.92. The van der Waals surface area contributed by atoms with Crippen molar-refractivity contribution in [1.82, 2.24) is 10.2 Å². The minimum Gasteiger partial charge on any atom is -0.421 e. The van der Waals surface area contributed by atoms with Crippen LogP contribution in [0.1, 0.15) is 24.8 Å². The van der Waals surface area contributed by atoms with Crippen molar-refractivity contribution in [2.75, 3.05) is 10.6 Å². The Balaban J connectivity index is 1.59. The highest BCUT2D eigenvalue weighted by Gasteiger charge is 2.12. The van der Waals surface area contributed by atoms with Gasteiger partial charge < -0.3 is 15.1 Å². The van der Waals surface area contributed by atoms with Crippen molar-refractivity contribution < 1.29 is 14.0 Å². The number of aromatic nitrogens is 2. The largest absolute Gasteiger partial charge is 0.421 e. The van der Waals surface area contributed by atoms with Gasteiger partial charge in [0.25, 0.3) is 0 Å². The summed E-state index contributed by atoms with van der Waals surface area (Å²) in [6.07, 6.45) is 0.572. The van der Waals surface area contributed by atoms with Gasteiger partial charge in [-0.05, 0) is 36.1 Å². The Labute approximate surface area is 154 Å². The quantitative estimate of drug-likeness (QED) is 0.690. The molecule has 134 valence electrons. The predicted molar refractivity (Wildman–Crippen MR) is 100 cm³/mol. The molecule has 3 aromatic rings. The Morgan fingerprint density at radius 2 is 1.92 bits per heavy atom. The second-order valence-corrected chi connectivity index (χ2v) is 6.50. The van der Waals surface area contributed by atoms with E-state index in [-0.39, 0.29) is 18.2 Å². The highest BCUT2D eigenvalue weighted by atomic mass is 32.1. The zero-order valence-corrected chi connectivity index (χ0v) is 15.2. The summed E-state index contributed by atoms with van der Waals surface area (Å²) in [6, 6.07) is 7.26. The van der Waals surface area contributed by atoms with E-state index in [0.717, 1.165) is 11.1 Å². The number of hydrogen-bond acceptors (Lipinski definition) is 6. The van der Waals surface area contributed by atoms with E-state index in [1.807, 2.05) is 23.8 Å². The fourth-order valence-corrected chi connectivity index (χ4v) is 3.02. The lowest BCUT2D eigenvalue weighted by Gasteiger charge is -2.12. The molecule has 0 unspecified atom stereocenters. The summed E-state index contributed by atoms with van der Waals surface area (Å²) >= 11 is 1.55. The molecule has 26 heavy (non-hydrogen) atoms. The maximum Gasteiger partial charge on any atom is 0.248 e. The molecule has 0 aliphatic heterocycles.